The summed E-state index contributed by atoms with van der Waals surface area (Å²) >= 11 is 15.0. The molecule has 1 aromatic carbocycles. The number of thiazole rings is 1. The number of halogens is 2. The summed E-state index contributed by atoms with van der Waals surface area (Å²) in [5.74, 6) is -2.91. The van der Waals surface area contributed by atoms with Gasteiger partial charge in [0.25, 0.3) is 0 Å². The fourth-order valence-corrected chi connectivity index (χ4v) is 9.28. The van der Waals surface area contributed by atoms with Crippen LogP contribution in [0.1, 0.15) is 81.2 Å². The quantitative estimate of drug-likeness (QED) is 0.235. The third-order valence-corrected chi connectivity index (χ3v) is 11.9. The molecule has 12 heteroatoms. The summed E-state index contributed by atoms with van der Waals surface area (Å²) < 4.78 is 10.6. The van der Waals surface area contributed by atoms with Gasteiger partial charge >= 0.3 is 11.9 Å². The maximum atomic E-state index is 14.1. The van der Waals surface area contributed by atoms with E-state index in [1.165, 1.54) is 57.7 Å². The smallest absolute Gasteiger partial charge is 0.336 e. The summed E-state index contributed by atoms with van der Waals surface area (Å²) in [6.07, 6.45) is 10.7. The van der Waals surface area contributed by atoms with E-state index in [2.05, 4.69) is 17.2 Å². The Morgan fingerprint density at radius 1 is 1.04 bits per heavy atom. The van der Waals surface area contributed by atoms with Gasteiger partial charge in [0, 0.05) is 59.3 Å². The van der Waals surface area contributed by atoms with Crippen molar-refractivity contribution < 1.29 is 23.9 Å². The number of rotatable bonds is 12. The highest BCUT2D eigenvalue weighted by Crippen LogP contribution is 2.48. The van der Waals surface area contributed by atoms with Gasteiger partial charge in [-0.25, -0.2) is 9.78 Å². The molecule has 9 nitrogen and oxygen atoms in total. The fraction of sp³-hybridized carbons (Fsp3) is 0.583. The molecule has 0 spiro atoms. The number of allylic oxidation sites excluding steroid dienone is 1. The molecule has 2 fully saturated rings. The highest BCUT2D eigenvalue weighted by Gasteiger charge is 2.47. The topological polar surface area (TPSA) is 110 Å². The van der Waals surface area contributed by atoms with E-state index in [4.69, 9.17) is 37.7 Å². The molecule has 260 valence electrons. The van der Waals surface area contributed by atoms with E-state index in [1.807, 2.05) is 10.3 Å². The number of aromatic nitrogens is 1. The third kappa shape index (κ3) is 7.98. The monoisotopic (exact) mass is 716 g/mol. The van der Waals surface area contributed by atoms with Crippen LogP contribution in [0.25, 0.3) is 0 Å². The van der Waals surface area contributed by atoms with E-state index >= 15 is 0 Å². The van der Waals surface area contributed by atoms with Gasteiger partial charge in [-0.1, -0.05) is 55.5 Å². The van der Waals surface area contributed by atoms with Crippen LogP contribution in [-0.2, 0) is 30.3 Å². The van der Waals surface area contributed by atoms with E-state index in [-0.39, 0.29) is 33.4 Å². The lowest BCUT2D eigenvalue weighted by molar-refractivity contribution is -0.143. The molecule has 2 atom stereocenters. The van der Waals surface area contributed by atoms with Gasteiger partial charge in [-0.3, -0.25) is 14.6 Å². The van der Waals surface area contributed by atoms with Crippen LogP contribution in [0.15, 0.2) is 46.0 Å². The first-order valence-electron chi connectivity index (χ1n) is 17.0. The second-order valence-electron chi connectivity index (χ2n) is 13.0. The summed E-state index contributed by atoms with van der Waals surface area (Å²) in [5.41, 5.74) is 1.60. The number of hydrogen-bond donors (Lipinski definition) is 1. The molecule has 3 heterocycles. The number of ether oxygens (including phenoxy) is 2. The van der Waals surface area contributed by atoms with Crippen LogP contribution >= 0.6 is 34.5 Å². The first-order valence-corrected chi connectivity index (χ1v) is 18.6. The highest BCUT2D eigenvalue weighted by molar-refractivity contribution is 7.09. The maximum absolute atomic E-state index is 14.1. The van der Waals surface area contributed by atoms with E-state index < -0.39 is 23.8 Å². The Bertz CT molecular complexity index is 1490. The van der Waals surface area contributed by atoms with Crippen LogP contribution < -0.4 is 5.32 Å². The van der Waals surface area contributed by atoms with Crippen molar-refractivity contribution in [3.05, 3.63) is 61.7 Å². The van der Waals surface area contributed by atoms with Gasteiger partial charge in [-0.2, -0.15) is 0 Å². The van der Waals surface area contributed by atoms with Gasteiger partial charge in [0.1, 0.15) is 5.92 Å². The van der Waals surface area contributed by atoms with Crippen LogP contribution in [0.5, 0.6) is 0 Å². The number of carbonyl (C=O) groups excluding carboxylic acids is 3. The molecule has 0 bridgehead atoms. The molecule has 1 N–H and O–H groups in total. The van der Waals surface area contributed by atoms with Crippen LogP contribution in [0.3, 0.4) is 0 Å². The number of carbonyl (C=O) groups is 3. The zero-order chi connectivity index (χ0) is 34.3. The first kappa shape index (κ1) is 36.5. The Morgan fingerprint density at radius 3 is 2.35 bits per heavy atom. The lowest BCUT2D eigenvalue weighted by atomic mass is 9.63. The average Bonchev–Trinajstić information content (AvgIpc) is 3.63. The average molecular weight is 718 g/mol. The Balaban J connectivity index is 1.47. The number of nitrogens with zero attached hydrogens (tertiary/aromatic N) is 3. The Kier molecular flexibility index (Phi) is 12.7. The minimum atomic E-state index is -1.11. The van der Waals surface area contributed by atoms with Gasteiger partial charge in [-0.15, -0.1) is 11.3 Å². The zero-order valence-corrected chi connectivity index (χ0v) is 30.4. The van der Waals surface area contributed by atoms with E-state index in [9.17, 15) is 14.4 Å². The van der Waals surface area contributed by atoms with Crippen LogP contribution in [0, 0.1) is 17.3 Å². The summed E-state index contributed by atoms with van der Waals surface area (Å²) in [6.45, 7) is 5.47. The van der Waals surface area contributed by atoms with Crippen molar-refractivity contribution in [2.75, 3.05) is 40.4 Å². The molecule has 5 rings (SSSR count). The van der Waals surface area contributed by atoms with Gasteiger partial charge in [0.15, 0.2) is 0 Å². The summed E-state index contributed by atoms with van der Waals surface area (Å²) in [5, 5.41) is 6.95. The highest BCUT2D eigenvalue weighted by atomic mass is 35.5. The second kappa shape index (κ2) is 16.7. The molecule has 2 aromatic rings. The fourth-order valence-electron chi connectivity index (χ4n) is 8.02. The van der Waals surface area contributed by atoms with Gasteiger partial charge in [-0.05, 0) is 67.7 Å². The van der Waals surface area contributed by atoms with Crippen LogP contribution in [-0.4, -0.2) is 73.8 Å². The van der Waals surface area contributed by atoms with Crippen molar-refractivity contribution in [1.29, 1.82) is 0 Å². The molecule has 3 aliphatic rings. The minimum Gasteiger partial charge on any atom is -0.468 e. The van der Waals surface area contributed by atoms with E-state index in [0.717, 1.165) is 30.9 Å². The standard InChI is InChI=1S/C36H46Cl2N4O5S/c1-4-39-22-36(15-6-5-7-16-36)23-13-18-42(19-14-23)29(43)21-27-32(35(45)47-3)33(30-24(37)9-8-10-25(30)38)31(34(44)46-2)26(41-27)11-12-28-40-17-20-48-28/h8-10,17,20,23,32-33,39H,4-7,11-16,18-19,21-22H2,1-3H3. The number of methoxy groups -OCH3 is 2. The largest absolute Gasteiger partial charge is 0.468 e. The van der Waals surface area contributed by atoms with Gasteiger partial charge in [0.2, 0.25) is 5.91 Å². The lowest BCUT2D eigenvalue weighted by Crippen LogP contribution is -2.48. The molecule has 1 amide bonds. The molecular formula is C36H46Cl2N4O5S. The molecule has 2 aliphatic heterocycles. The number of esters is 2. The Morgan fingerprint density at radius 2 is 1.75 bits per heavy atom. The van der Waals surface area contributed by atoms with Crippen LogP contribution in [0.4, 0.5) is 0 Å². The zero-order valence-electron chi connectivity index (χ0n) is 28.1. The minimum absolute atomic E-state index is 0.0965. The van der Waals surface area contributed by atoms with Gasteiger partial charge in [0.05, 0.1) is 36.9 Å². The summed E-state index contributed by atoms with van der Waals surface area (Å²) in [7, 11) is 2.57. The summed E-state index contributed by atoms with van der Waals surface area (Å²) in [4.78, 5) is 52.5. The molecule has 1 aliphatic carbocycles. The predicted molar refractivity (Wildman–Crippen MR) is 190 cm³/mol. The Hall–Kier alpha value is -2.79. The van der Waals surface area contributed by atoms with Crippen molar-refractivity contribution in [1.82, 2.24) is 15.2 Å². The molecule has 1 saturated carbocycles. The van der Waals surface area contributed by atoms with Crippen LogP contribution in [0.2, 0.25) is 10.0 Å². The van der Waals surface area contributed by atoms with E-state index in [0.29, 0.717) is 48.8 Å². The SMILES string of the molecule is CCNCC1(C2CCN(C(=O)CC3=NC(CCc4nccs4)=C(C(=O)OC)C(c4c(Cl)cccc4Cl)C3C(=O)OC)CC2)CCCCC1. The van der Waals surface area contributed by atoms with E-state index in [1.54, 1.807) is 24.4 Å². The number of piperidine rings is 1. The number of aryl methyl sites for hydroxylation is 1. The lowest BCUT2D eigenvalue weighted by Gasteiger charge is -2.47. The van der Waals surface area contributed by atoms with Crippen molar-refractivity contribution in [3.63, 3.8) is 0 Å². The predicted octanol–water partition coefficient (Wildman–Crippen LogP) is 7.03. The molecule has 1 aromatic heterocycles. The number of nitrogens with one attached hydrogen (secondary N) is 1. The molecular weight excluding hydrogens is 671 g/mol. The summed E-state index contributed by atoms with van der Waals surface area (Å²) in [6, 6.07) is 5.03. The number of hydrogen-bond acceptors (Lipinski definition) is 9. The Labute approximate surface area is 297 Å². The molecule has 1 saturated heterocycles. The van der Waals surface area contributed by atoms with Crippen molar-refractivity contribution in [3.8, 4) is 0 Å². The third-order valence-electron chi connectivity index (χ3n) is 10.4. The second-order valence-corrected chi connectivity index (χ2v) is 14.8. The van der Waals surface area contributed by atoms with Gasteiger partial charge < -0.3 is 19.7 Å². The molecule has 0 radical (unpaired) electrons. The number of amides is 1. The number of likely N-dealkylation sites (tertiary alicyclic amines) is 1. The number of benzene rings is 1. The normalized spacial score (nSPS) is 21.5. The maximum Gasteiger partial charge on any atom is 0.336 e. The number of aliphatic imine (C=N–C) groups is 1. The molecule has 2 unspecified atom stereocenters. The first-order chi connectivity index (χ1) is 23.2. The van der Waals surface area contributed by atoms with Crippen molar-refractivity contribution >= 4 is 58.1 Å². The molecule has 48 heavy (non-hydrogen) atoms. The van der Waals surface area contributed by atoms with Crippen molar-refractivity contribution in [2.24, 2.45) is 22.2 Å². The van der Waals surface area contributed by atoms with Crippen molar-refractivity contribution in [2.45, 2.75) is 77.0 Å².